The summed E-state index contributed by atoms with van der Waals surface area (Å²) in [6.45, 7) is 14.8. The molecule has 1 saturated carbocycles. The fraction of sp³-hybridized carbons (Fsp3) is 0.593. The summed E-state index contributed by atoms with van der Waals surface area (Å²) >= 11 is 6.36. The Labute approximate surface area is 213 Å². The van der Waals surface area contributed by atoms with Gasteiger partial charge in [-0.2, -0.15) is 0 Å². The standard InChI is InChI=1S/C27H36N2O3S2/c1-26(2,3)18-9-17(10-19(13-18)27(4,5)6)14-29-20-11-16(7-8-21(20)32-15-23(29)30)12-22-24(31)28-25(33)34-22/h7-8,11-12,17-19H,9-10,13-15H2,1-6H3,(H,28,31,33). The van der Waals surface area contributed by atoms with Gasteiger partial charge in [0.1, 0.15) is 10.1 Å². The van der Waals surface area contributed by atoms with Gasteiger partial charge in [0, 0.05) is 6.54 Å². The van der Waals surface area contributed by atoms with Crippen molar-refractivity contribution in [2.75, 3.05) is 18.1 Å². The lowest BCUT2D eigenvalue weighted by molar-refractivity contribution is -0.121. The normalized spacial score (nSPS) is 27.0. The van der Waals surface area contributed by atoms with Crippen LogP contribution >= 0.6 is 24.0 Å². The van der Waals surface area contributed by atoms with Crippen LogP contribution in [0.15, 0.2) is 23.1 Å². The molecule has 1 saturated heterocycles. The third kappa shape index (κ3) is 5.51. The van der Waals surface area contributed by atoms with E-state index in [4.69, 9.17) is 17.0 Å². The van der Waals surface area contributed by atoms with Gasteiger partial charge in [0.2, 0.25) is 0 Å². The summed E-state index contributed by atoms with van der Waals surface area (Å²) < 4.78 is 6.22. The van der Waals surface area contributed by atoms with Crippen LogP contribution in [0.2, 0.25) is 0 Å². The lowest BCUT2D eigenvalue weighted by Crippen LogP contribution is -2.45. The van der Waals surface area contributed by atoms with E-state index in [2.05, 4.69) is 46.9 Å². The second kappa shape index (κ2) is 9.30. The molecular formula is C27H36N2O3S2. The Balaban J connectivity index is 1.61. The summed E-state index contributed by atoms with van der Waals surface area (Å²) in [6.07, 6.45) is 5.33. The van der Waals surface area contributed by atoms with Crippen LogP contribution in [0, 0.1) is 28.6 Å². The van der Waals surface area contributed by atoms with Crippen molar-refractivity contribution in [3.05, 3.63) is 28.7 Å². The topological polar surface area (TPSA) is 58.6 Å². The number of ether oxygens (including phenoxy) is 1. The molecular weight excluding hydrogens is 464 g/mol. The minimum absolute atomic E-state index is 0.00310. The van der Waals surface area contributed by atoms with Gasteiger partial charge in [-0.3, -0.25) is 9.59 Å². The van der Waals surface area contributed by atoms with E-state index < -0.39 is 0 Å². The maximum absolute atomic E-state index is 13.0. The highest BCUT2D eigenvalue weighted by molar-refractivity contribution is 8.26. The zero-order chi connectivity index (χ0) is 24.8. The van der Waals surface area contributed by atoms with Crippen LogP contribution in [0.5, 0.6) is 5.75 Å². The summed E-state index contributed by atoms with van der Waals surface area (Å²) in [4.78, 5) is 27.6. The van der Waals surface area contributed by atoms with Crippen molar-refractivity contribution in [1.82, 2.24) is 5.32 Å². The highest BCUT2D eigenvalue weighted by atomic mass is 32.2. The summed E-state index contributed by atoms with van der Waals surface area (Å²) in [6, 6.07) is 5.77. The fourth-order valence-corrected chi connectivity index (χ4v) is 6.38. The number of thioether (sulfide) groups is 1. The number of amides is 2. The van der Waals surface area contributed by atoms with Crippen molar-refractivity contribution in [3.63, 3.8) is 0 Å². The van der Waals surface area contributed by atoms with Gasteiger partial charge in [-0.15, -0.1) is 0 Å². The molecule has 2 heterocycles. The number of anilines is 1. The molecule has 5 nitrogen and oxygen atoms in total. The molecule has 3 aliphatic rings. The predicted molar refractivity (Wildman–Crippen MR) is 144 cm³/mol. The van der Waals surface area contributed by atoms with Crippen molar-refractivity contribution < 1.29 is 14.3 Å². The number of benzene rings is 1. The van der Waals surface area contributed by atoms with Gasteiger partial charge >= 0.3 is 0 Å². The molecule has 7 heteroatoms. The van der Waals surface area contributed by atoms with E-state index in [-0.39, 0.29) is 29.3 Å². The molecule has 2 fully saturated rings. The zero-order valence-corrected chi connectivity index (χ0v) is 22.7. The largest absolute Gasteiger partial charge is 0.482 e. The summed E-state index contributed by atoms with van der Waals surface area (Å²) in [5.41, 5.74) is 2.14. The average molecular weight is 501 g/mol. The molecule has 1 aliphatic carbocycles. The van der Waals surface area contributed by atoms with E-state index in [1.165, 1.54) is 18.2 Å². The molecule has 0 aromatic heterocycles. The van der Waals surface area contributed by atoms with Gasteiger partial charge < -0.3 is 15.0 Å². The SMILES string of the molecule is CC(C)(C)C1CC(CN2C(=O)COc3ccc(C=C4SC(=S)NC4=O)cc32)CC(C(C)(C)C)C1. The van der Waals surface area contributed by atoms with Crippen molar-refractivity contribution in [2.24, 2.45) is 28.6 Å². The van der Waals surface area contributed by atoms with Gasteiger partial charge in [-0.1, -0.05) is 71.6 Å². The number of hydrogen-bond acceptors (Lipinski definition) is 5. The van der Waals surface area contributed by atoms with Gasteiger partial charge in [0.05, 0.1) is 10.6 Å². The van der Waals surface area contributed by atoms with Gasteiger partial charge in [-0.25, -0.2) is 0 Å². The van der Waals surface area contributed by atoms with Crippen LogP contribution in [-0.4, -0.2) is 29.3 Å². The van der Waals surface area contributed by atoms with E-state index in [9.17, 15) is 9.59 Å². The molecule has 0 radical (unpaired) electrons. The quantitative estimate of drug-likeness (QED) is 0.406. The van der Waals surface area contributed by atoms with Crippen LogP contribution in [0.3, 0.4) is 0 Å². The Morgan fingerprint density at radius 1 is 1.09 bits per heavy atom. The number of carbonyl (C=O) groups excluding carboxylic acids is 2. The van der Waals surface area contributed by atoms with Gasteiger partial charge in [0.15, 0.2) is 6.61 Å². The van der Waals surface area contributed by atoms with Crippen LogP contribution in [0.4, 0.5) is 5.69 Å². The Bertz CT molecular complexity index is 1010. The lowest BCUT2D eigenvalue weighted by atomic mass is 9.60. The summed E-state index contributed by atoms with van der Waals surface area (Å²) in [7, 11) is 0. The smallest absolute Gasteiger partial charge is 0.265 e. The monoisotopic (exact) mass is 500 g/mol. The third-order valence-corrected chi connectivity index (χ3v) is 8.72. The first kappa shape index (κ1) is 25.2. The van der Waals surface area contributed by atoms with Crippen molar-refractivity contribution >= 4 is 51.9 Å². The number of thiocarbonyl (C=S) groups is 1. The van der Waals surface area contributed by atoms with Crippen LogP contribution < -0.4 is 15.0 Å². The molecule has 0 bridgehead atoms. The van der Waals surface area contributed by atoms with Gasteiger partial charge in [-0.05, 0) is 71.6 Å². The molecule has 1 aromatic rings. The van der Waals surface area contributed by atoms with E-state index in [1.807, 2.05) is 29.2 Å². The fourth-order valence-electron chi connectivity index (χ4n) is 5.34. The van der Waals surface area contributed by atoms with Crippen LogP contribution in [0.25, 0.3) is 6.08 Å². The average Bonchev–Trinajstić information content (AvgIpc) is 3.05. The number of hydrogen-bond donors (Lipinski definition) is 1. The number of nitrogens with zero attached hydrogens (tertiary/aromatic N) is 1. The lowest BCUT2D eigenvalue weighted by Gasteiger charge is -2.47. The molecule has 2 aliphatic heterocycles. The molecule has 1 N–H and O–H groups in total. The second-order valence-corrected chi connectivity index (χ2v) is 13.8. The predicted octanol–water partition coefficient (Wildman–Crippen LogP) is 6.03. The molecule has 34 heavy (non-hydrogen) atoms. The van der Waals surface area contributed by atoms with E-state index in [0.717, 1.165) is 29.8 Å². The molecule has 184 valence electrons. The first-order valence-corrected chi connectivity index (χ1v) is 13.4. The molecule has 4 rings (SSSR count). The number of fused-ring (bicyclic) bond motifs is 1. The maximum Gasteiger partial charge on any atom is 0.265 e. The van der Waals surface area contributed by atoms with Crippen LogP contribution in [0.1, 0.15) is 66.4 Å². The van der Waals surface area contributed by atoms with Gasteiger partial charge in [0.25, 0.3) is 11.8 Å². The third-order valence-electron chi connectivity index (χ3n) is 7.56. The molecule has 0 spiro atoms. The molecule has 1 aromatic carbocycles. The van der Waals surface area contributed by atoms with E-state index in [0.29, 0.717) is 33.5 Å². The van der Waals surface area contributed by atoms with Crippen molar-refractivity contribution in [1.29, 1.82) is 0 Å². The first-order valence-electron chi connectivity index (χ1n) is 12.1. The minimum Gasteiger partial charge on any atom is -0.482 e. The summed E-state index contributed by atoms with van der Waals surface area (Å²) in [5.74, 6) is 2.23. The maximum atomic E-state index is 13.0. The number of carbonyl (C=O) groups is 2. The number of rotatable bonds is 3. The first-order chi connectivity index (χ1) is 15.8. The number of nitrogens with one attached hydrogen (secondary N) is 1. The Hall–Kier alpha value is -1.86. The van der Waals surface area contributed by atoms with E-state index in [1.54, 1.807) is 0 Å². The Kier molecular flexibility index (Phi) is 6.91. The second-order valence-electron chi connectivity index (χ2n) is 12.1. The molecule has 2 atom stereocenters. The summed E-state index contributed by atoms with van der Waals surface area (Å²) in [5, 5.41) is 2.65. The minimum atomic E-state index is -0.180. The highest BCUT2D eigenvalue weighted by Crippen LogP contribution is 2.49. The van der Waals surface area contributed by atoms with Crippen molar-refractivity contribution in [2.45, 2.75) is 60.8 Å². The Morgan fingerprint density at radius 3 is 2.29 bits per heavy atom. The Morgan fingerprint density at radius 2 is 1.74 bits per heavy atom. The van der Waals surface area contributed by atoms with E-state index >= 15 is 0 Å². The molecule has 2 unspecified atom stereocenters. The highest BCUT2D eigenvalue weighted by Gasteiger charge is 2.41. The van der Waals surface area contributed by atoms with Crippen molar-refractivity contribution in [3.8, 4) is 5.75 Å². The molecule has 2 amide bonds. The van der Waals surface area contributed by atoms with Crippen LogP contribution in [-0.2, 0) is 9.59 Å². The zero-order valence-electron chi connectivity index (χ0n) is 21.1.